The van der Waals surface area contributed by atoms with Gasteiger partial charge < -0.3 is 10.2 Å². The fraction of sp³-hybridized carbons (Fsp3) is 0.444. The molecule has 1 saturated heterocycles. The number of aromatic nitrogens is 2. The zero-order valence-electron chi connectivity index (χ0n) is 15.5. The van der Waals surface area contributed by atoms with Gasteiger partial charge in [0.25, 0.3) is 0 Å². The van der Waals surface area contributed by atoms with Gasteiger partial charge in [-0.1, -0.05) is 41.7 Å². The van der Waals surface area contributed by atoms with Gasteiger partial charge in [-0.15, -0.1) is 10.2 Å². The SMILES string of the molecule is CN(C)C(=O)CN1CCC(NC(=O)Nc2nnc(-c3ccccc3)s2)CC1. The van der Waals surface area contributed by atoms with Crippen molar-refractivity contribution in [1.29, 1.82) is 0 Å². The van der Waals surface area contributed by atoms with Gasteiger partial charge in [0, 0.05) is 38.8 Å². The highest BCUT2D eigenvalue weighted by Gasteiger charge is 2.23. The van der Waals surface area contributed by atoms with Crippen molar-refractivity contribution < 1.29 is 9.59 Å². The van der Waals surface area contributed by atoms with Crippen LogP contribution in [-0.2, 0) is 4.79 Å². The molecule has 2 heterocycles. The van der Waals surface area contributed by atoms with Gasteiger partial charge in [-0.05, 0) is 12.8 Å². The van der Waals surface area contributed by atoms with Gasteiger partial charge in [0.2, 0.25) is 11.0 Å². The fourth-order valence-corrected chi connectivity index (χ4v) is 3.60. The number of likely N-dealkylation sites (N-methyl/N-ethyl adjacent to an activating group) is 1. The molecule has 0 unspecified atom stereocenters. The molecule has 1 aliphatic rings. The van der Waals surface area contributed by atoms with E-state index in [-0.39, 0.29) is 18.0 Å². The Hall–Kier alpha value is -2.52. The number of carbonyl (C=O) groups excluding carboxylic acids is 2. The lowest BCUT2D eigenvalue weighted by Gasteiger charge is -2.32. The standard InChI is InChI=1S/C18H24N6O2S/c1-23(2)15(25)12-24-10-8-14(9-11-24)19-17(26)20-18-22-21-16(27-18)13-6-4-3-5-7-13/h3-7,14H,8-12H2,1-2H3,(H2,19,20,22,26). The first-order valence-corrected chi connectivity index (χ1v) is 9.72. The Bertz CT molecular complexity index is 771. The van der Waals surface area contributed by atoms with E-state index in [1.54, 1.807) is 19.0 Å². The van der Waals surface area contributed by atoms with E-state index in [2.05, 4.69) is 25.7 Å². The van der Waals surface area contributed by atoms with Crippen molar-refractivity contribution in [3.8, 4) is 10.6 Å². The Morgan fingerprint density at radius 3 is 2.56 bits per heavy atom. The second kappa shape index (κ2) is 8.92. The Morgan fingerprint density at radius 2 is 1.89 bits per heavy atom. The number of benzene rings is 1. The van der Waals surface area contributed by atoms with Crippen molar-refractivity contribution in [2.45, 2.75) is 18.9 Å². The number of likely N-dealkylation sites (tertiary alicyclic amines) is 1. The Morgan fingerprint density at radius 1 is 1.19 bits per heavy atom. The summed E-state index contributed by atoms with van der Waals surface area (Å²) in [7, 11) is 3.52. The minimum Gasteiger partial charge on any atom is -0.348 e. The summed E-state index contributed by atoms with van der Waals surface area (Å²) in [5, 5.41) is 15.1. The number of hydrogen-bond donors (Lipinski definition) is 2. The minimum atomic E-state index is -0.270. The summed E-state index contributed by atoms with van der Waals surface area (Å²) in [6.07, 6.45) is 1.64. The van der Waals surface area contributed by atoms with Crippen molar-refractivity contribution in [2.24, 2.45) is 0 Å². The van der Waals surface area contributed by atoms with E-state index in [0.29, 0.717) is 11.7 Å². The maximum atomic E-state index is 12.2. The predicted molar refractivity (Wildman–Crippen MR) is 106 cm³/mol. The van der Waals surface area contributed by atoms with Crippen LogP contribution >= 0.6 is 11.3 Å². The molecule has 0 radical (unpaired) electrons. The molecule has 27 heavy (non-hydrogen) atoms. The van der Waals surface area contributed by atoms with Crippen LogP contribution in [0.3, 0.4) is 0 Å². The third-order valence-corrected chi connectivity index (χ3v) is 5.33. The lowest BCUT2D eigenvalue weighted by Crippen LogP contribution is -2.48. The van der Waals surface area contributed by atoms with Gasteiger partial charge in [0.1, 0.15) is 5.01 Å². The molecule has 1 aliphatic heterocycles. The normalized spacial score (nSPS) is 15.3. The van der Waals surface area contributed by atoms with Gasteiger partial charge in [-0.2, -0.15) is 0 Å². The highest BCUT2D eigenvalue weighted by atomic mass is 32.1. The molecule has 0 aliphatic carbocycles. The molecule has 0 bridgehead atoms. The number of hydrogen-bond acceptors (Lipinski definition) is 6. The number of urea groups is 1. The fourth-order valence-electron chi connectivity index (χ4n) is 2.86. The summed E-state index contributed by atoms with van der Waals surface area (Å²) < 4.78 is 0. The summed E-state index contributed by atoms with van der Waals surface area (Å²) in [6.45, 7) is 2.02. The maximum Gasteiger partial charge on any atom is 0.321 e. The monoisotopic (exact) mass is 388 g/mol. The molecule has 3 amide bonds. The third-order valence-electron chi connectivity index (χ3n) is 4.45. The average molecular weight is 388 g/mol. The summed E-state index contributed by atoms with van der Waals surface area (Å²) >= 11 is 1.34. The molecule has 9 heteroatoms. The number of carbonyl (C=O) groups is 2. The van der Waals surface area contributed by atoms with Crippen LogP contribution in [0.25, 0.3) is 10.6 Å². The number of piperidine rings is 1. The van der Waals surface area contributed by atoms with Crippen molar-refractivity contribution in [2.75, 3.05) is 39.0 Å². The molecule has 0 saturated carbocycles. The van der Waals surface area contributed by atoms with E-state index in [0.717, 1.165) is 36.5 Å². The summed E-state index contributed by atoms with van der Waals surface area (Å²) in [5.41, 5.74) is 0.975. The molecular formula is C18H24N6O2S. The zero-order valence-corrected chi connectivity index (χ0v) is 16.3. The molecule has 2 N–H and O–H groups in total. The topological polar surface area (TPSA) is 90.5 Å². The van der Waals surface area contributed by atoms with E-state index in [1.807, 2.05) is 30.3 Å². The zero-order chi connectivity index (χ0) is 19.2. The lowest BCUT2D eigenvalue weighted by atomic mass is 10.1. The molecule has 3 rings (SSSR count). The molecule has 0 atom stereocenters. The molecule has 1 aromatic heterocycles. The van der Waals surface area contributed by atoms with Crippen LogP contribution in [-0.4, -0.2) is 71.7 Å². The van der Waals surface area contributed by atoms with Crippen molar-refractivity contribution in [3.63, 3.8) is 0 Å². The third kappa shape index (κ3) is 5.48. The second-order valence-corrected chi connectivity index (χ2v) is 7.69. The summed E-state index contributed by atoms with van der Waals surface area (Å²) in [5.74, 6) is 0.102. The first-order chi connectivity index (χ1) is 13.0. The number of amides is 3. The highest BCUT2D eigenvalue weighted by molar-refractivity contribution is 7.18. The van der Waals surface area contributed by atoms with E-state index in [1.165, 1.54) is 11.3 Å². The largest absolute Gasteiger partial charge is 0.348 e. The molecule has 8 nitrogen and oxygen atoms in total. The van der Waals surface area contributed by atoms with Gasteiger partial charge in [0.05, 0.1) is 6.54 Å². The van der Waals surface area contributed by atoms with Crippen molar-refractivity contribution in [3.05, 3.63) is 30.3 Å². The smallest absolute Gasteiger partial charge is 0.321 e. The van der Waals surface area contributed by atoms with Gasteiger partial charge in [0.15, 0.2) is 0 Å². The van der Waals surface area contributed by atoms with Gasteiger partial charge in [-0.25, -0.2) is 4.79 Å². The number of nitrogens with one attached hydrogen (secondary N) is 2. The Balaban J connectivity index is 1.44. The first kappa shape index (κ1) is 19.2. The minimum absolute atomic E-state index is 0.0947. The second-order valence-electron chi connectivity index (χ2n) is 6.72. The van der Waals surface area contributed by atoms with E-state index < -0.39 is 0 Å². The van der Waals surface area contributed by atoms with E-state index in [4.69, 9.17) is 0 Å². The average Bonchev–Trinajstić information content (AvgIpc) is 3.12. The molecule has 2 aromatic rings. The van der Waals surface area contributed by atoms with Crippen LogP contribution in [0.1, 0.15) is 12.8 Å². The Kier molecular flexibility index (Phi) is 6.36. The number of nitrogens with zero attached hydrogens (tertiary/aromatic N) is 4. The molecular weight excluding hydrogens is 364 g/mol. The van der Waals surface area contributed by atoms with E-state index >= 15 is 0 Å². The van der Waals surface area contributed by atoms with Crippen LogP contribution in [0.2, 0.25) is 0 Å². The van der Waals surface area contributed by atoms with Crippen molar-refractivity contribution in [1.82, 2.24) is 25.3 Å². The first-order valence-electron chi connectivity index (χ1n) is 8.90. The summed E-state index contributed by atoms with van der Waals surface area (Å²) in [6, 6.07) is 9.56. The van der Waals surface area contributed by atoms with Crippen LogP contribution in [0.4, 0.5) is 9.93 Å². The molecule has 144 valence electrons. The van der Waals surface area contributed by atoms with Gasteiger partial charge in [-0.3, -0.25) is 15.0 Å². The van der Waals surface area contributed by atoms with Crippen LogP contribution in [0.5, 0.6) is 0 Å². The van der Waals surface area contributed by atoms with Crippen molar-refractivity contribution >= 4 is 28.4 Å². The summed E-state index contributed by atoms with van der Waals surface area (Å²) in [4.78, 5) is 27.7. The highest BCUT2D eigenvalue weighted by Crippen LogP contribution is 2.25. The van der Waals surface area contributed by atoms with Crippen LogP contribution in [0, 0.1) is 0 Å². The quantitative estimate of drug-likeness (QED) is 0.816. The van der Waals surface area contributed by atoms with E-state index in [9.17, 15) is 9.59 Å². The van der Waals surface area contributed by atoms with Crippen LogP contribution in [0.15, 0.2) is 30.3 Å². The van der Waals surface area contributed by atoms with Crippen LogP contribution < -0.4 is 10.6 Å². The molecule has 1 fully saturated rings. The molecule has 0 spiro atoms. The lowest BCUT2D eigenvalue weighted by molar-refractivity contribution is -0.130. The number of rotatable bonds is 5. The Labute approximate surface area is 162 Å². The van der Waals surface area contributed by atoms with Gasteiger partial charge >= 0.3 is 6.03 Å². The predicted octanol–water partition coefficient (Wildman–Crippen LogP) is 1.88. The molecule has 1 aromatic carbocycles. The number of anilines is 1. The maximum absolute atomic E-state index is 12.2.